The lowest BCUT2D eigenvalue weighted by atomic mass is 10.2. The van der Waals surface area contributed by atoms with Gasteiger partial charge in [0.2, 0.25) is 0 Å². The van der Waals surface area contributed by atoms with E-state index in [-0.39, 0.29) is 10.6 Å². The maximum atomic E-state index is 13.6. The largest absolute Gasteiger partial charge is 0.399 e. The van der Waals surface area contributed by atoms with Crippen molar-refractivity contribution in [2.24, 2.45) is 0 Å². The highest BCUT2D eigenvalue weighted by Gasteiger charge is 2.11. The third-order valence-corrected chi connectivity index (χ3v) is 4.28. The van der Waals surface area contributed by atoms with E-state index in [1.54, 1.807) is 18.2 Å². The van der Waals surface area contributed by atoms with Gasteiger partial charge in [0.25, 0.3) is 0 Å². The van der Waals surface area contributed by atoms with E-state index in [1.807, 2.05) is 0 Å². The molecule has 0 heterocycles. The van der Waals surface area contributed by atoms with E-state index in [1.165, 1.54) is 0 Å². The van der Waals surface area contributed by atoms with Gasteiger partial charge >= 0.3 is 0 Å². The molecule has 0 saturated carbocycles. The molecule has 0 atom stereocenters. The minimum absolute atomic E-state index is 0.0553. The van der Waals surface area contributed by atoms with Crippen LogP contribution in [-0.2, 0) is 5.75 Å². The number of nitrogens with two attached hydrogens (primary N) is 1. The van der Waals surface area contributed by atoms with Crippen LogP contribution in [0.4, 0.5) is 14.5 Å². The van der Waals surface area contributed by atoms with Gasteiger partial charge < -0.3 is 5.73 Å². The van der Waals surface area contributed by atoms with Crippen molar-refractivity contribution in [3.8, 4) is 0 Å². The van der Waals surface area contributed by atoms with E-state index in [4.69, 9.17) is 28.9 Å². The Morgan fingerprint density at radius 1 is 1.00 bits per heavy atom. The molecule has 100 valence electrons. The molecule has 2 N–H and O–H groups in total. The lowest BCUT2D eigenvalue weighted by molar-refractivity contribution is 0.542. The van der Waals surface area contributed by atoms with Gasteiger partial charge in [-0.05, 0) is 29.8 Å². The Morgan fingerprint density at radius 2 is 1.63 bits per heavy atom. The van der Waals surface area contributed by atoms with E-state index < -0.39 is 11.6 Å². The van der Waals surface area contributed by atoms with Gasteiger partial charge in [-0.1, -0.05) is 29.3 Å². The summed E-state index contributed by atoms with van der Waals surface area (Å²) in [6.45, 7) is 0. The summed E-state index contributed by atoms with van der Waals surface area (Å²) >= 11 is 12.7. The van der Waals surface area contributed by atoms with Crippen LogP contribution in [0.3, 0.4) is 0 Å². The molecule has 0 fully saturated rings. The number of nitrogen functional groups attached to an aromatic ring is 1. The van der Waals surface area contributed by atoms with Gasteiger partial charge in [-0.15, -0.1) is 11.8 Å². The van der Waals surface area contributed by atoms with Gasteiger partial charge in [0.05, 0.1) is 14.9 Å². The maximum Gasteiger partial charge on any atom is 0.141 e. The predicted molar refractivity (Wildman–Crippen MR) is 76.8 cm³/mol. The van der Waals surface area contributed by atoms with Crippen molar-refractivity contribution in [1.29, 1.82) is 0 Å². The van der Waals surface area contributed by atoms with Crippen LogP contribution in [0, 0.1) is 11.6 Å². The Morgan fingerprint density at radius 3 is 2.21 bits per heavy atom. The van der Waals surface area contributed by atoms with E-state index in [2.05, 4.69) is 0 Å². The summed E-state index contributed by atoms with van der Waals surface area (Å²) < 4.78 is 27.1. The number of hydrogen-bond donors (Lipinski definition) is 1. The summed E-state index contributed by atoms with van der Waals surface area (Å²) in [5.41, 5.74) is 6.24. The van der Waals surface area contributed by atoms with Crippen LogP contribution < -0.4 is 5.73 Å². The predicted octanol–water partition coefficient (Wildman–Crippen LogP) is 5.15. The van der Waals surface area contributed by atoms with Crippen molar-refractivity contribution in [1.82, 2.24) is 0 Å². The van der Waals surface area contributed by atoms with E-state index in [9.17, 15) is 8.78 Å². The molecule has 0 aliphatic heterocycles. The quantitative estimate of drug-likeness (QED) is 0.625. The van der Waals surface area contributed by atoms with Crippen molar-refractivity contribution in [3.05, 3.63) is 57.6 Å². The second-order valence-electron chi connectivity index (χ2n) is 3.85. The van der Waals surface area contributed by atoms with Crippen LogP contribution in [0.25, 0.3) is 0 Å². The third kappa shape index (κ3) is 3.53. The van der Waals surface area contributed by atoms with Crippen LogP contribution in [-0.4, -0.2) is 0 Å². The minimum atomic E-state index is -0.664. The summed E-state index contributed by atoms with van der Waals surface area (Å²) in [7, 11) is 0. The number of benzene rings is 2. The molecular formula is C13H9Cl2F2NS. The summed E-state index contributed by atoms with van der Waals surface area (Å²) in [4.78, 5) is -0.0553. The summed E-state index contributed by atoms with van der Waals surface area (Å²) in [5.74, 6) is -0.945. The van der Waals surface area contributed by atoms with Gasteiger partial charge in [0, 0.05) is 11.4 Å². The zero-order valence-electron chi connectivity index (χ0n) is 9.59. The SMILES string of the molecule is Nc1cc(F)c(SCc2ccc(Cl)c(Cl)c2)c(F)c1. The van der Waals surface area contributed by atoms with Crippen LogP contribution in [0.1, 0.15) is 5.56 Å². The third-order valence-electron chi connectivity index (χ3n) is 2.39. The van der Waals surface area contributed by atoms with Crippen molar-refractivity contribution >= 4 is 40.7 Å². The van der Waals surface area contributed by atoms with Crippen LogP contribution >= 0.6 is 35.0 Å². The van der Waals surface area contributed by atoms with E-state index >= 15 is 0 Å². The van der Waals surface area contributed by atoms with Crippen molar-refractivity contribution < 1.29 is 8.78 Å². The fraction of sp³-hybridized carbons (Fsp3) is 0.0769. The molecule has 1 nitrogen and oxygen atoms in total. The lowest BCUT2D eigenvalue weighted by Crippen LogP contribution is -1.93. The molecule has 2 aromatic carbocycles. The fourth-order valence-corrected chi connectivity index (χ4v) is 2.71. The minimum Gasteiger partial charge on any atom is -0.399 e. The second-order valence-corrected chi connectivity index (χ2v) is 5.65. The molecule has 0 aromatic heterocycles. The smallest absolute Gasteiger partial charge is 0.141 e. The molecule has 6 heteroatoms. The molecule has 0 spiro atoms. The first-order valence-electron chi connectivity index (χ1n) is 5.28. The molecule has 0 radical (unpaired) electrons. The first-order chi connectivity index (χ1) is 8.97. The molecule has 2 aromatic rings. The molecule has 0 aliphatic rings. The molecular weight excluding hydrogens is 311 g/mol. The molecule has 0 aliphatic carbocycles. The van der Waals surface area contributed by atoms with Gasteiger partial charge in [-0.3, -0.25) is 0 Å². The fourth-order valence-electron chi connectivity index (χ4n) is 1.50. The number of rotatable bonds is 3. The second kappa shape index (κ2) is 5.99. The van der Waals surface area contributed by atoms with Gasteiger partial charge in [0.1, 0.15) is 11.6 Å². The standard InChI is InChI=1S/C13H9Cl2F2NS/c14-9-2-1-7(3-10(9)15)6-19-13-11(16)4-8(18)5-12(13)17/h1-5H,6,18H2. The zero-order valence-corrected chi connectivity index (χ0v) is 11.9. The van der Waals surface area contributed by atoms with Gasteiger partial charge in [0.15, 0.2) is 0 Å². The van der Waals surface area contributed by atoms with Crippen molar-refractivity contribution in [3.63, 3.8) is 0 Å². The van der Waals surface area contributed by atoms with Crippen LogP contribution in [0.15, 0.2) is 35.2 Å². The normalized spacial score (nSPS) is 10.7. The van der Waals surface area contributed by atoms with E-state index in [0.717, 1.165) is 29.5 Å². The highest BCUT2D eigenvalue weighted by Crippen LogP contribution is 2.31. The average molecular weight is 320 g/mol. The topological polar surface area (TPSA) is 26.0 Å². The highest BCUT2D eigenvalue weighted by atomic mass is 35.5. The molecule has 0 unspecified atom stereocenters. The monoisotopic (exact) mass is 319 g/mol. The van der Waals surface area contributed by atoms with Gasteiger partial charge in [-0.25, -0.2) is 8.78 Å². The number of hydrogen-bond acceptors (Lipinski definition) is 2. The summed E-state index contributed by atoms with van der Waals surface area (Å²) in [5, 5.41) is 0.860. The Hall–Kier alpha value is -0.970. The van der Waals surface area contributed by atoms with E-state index in [0.29, 0.717) is 15.8 Å². The first kappa shape index (κ1) is 14.4. The number of anilines is 1. The Kier molecular flexibility index (Phi) is 4.55. The summed E-state index contributed by atoms with van der Waals surface area (Å²) in [6.07, 6.45) is 0. The lowest BCUT2D eigenvalue weighted by Gasteiger charge is -2.07. The molecule has 0 amide bonds. The first-order valence-corrected chi connectivity index (χ1v) is 7.03. The van der Waals surface area contributed by atoms with Crippen LogP contribution in [0.2, 0.25) is 10.0 Å². The Bertz CT molecular complexity index is 597. The average Bonchev–Trinajstić information content (AvgIpc) is 2.32. The maximum absolute atomic E-state index is 13.6. The summed E-state index contributed by atoms with van der Waals surface area (Å²) in [6, 6.07) is 7.27. The zero-order chi connectivity index (χ0) is 14.0. The number of thioether (sulfide) groups is 1. The Balaban J connectivity index is 2.16. The number of halogens is 4. The Labute approximate surface area is 123 Å². The van der Waals surface area contributed by atoms with Gasteiger partial charge in [-0.2, -0.15) is 0 Å². The highest BCUT2D eigenvalue weighted by molar-refractivity contribution is 7.98. The molecule has 19 heavy (non-hydrogen) atoms. The molecule has 0 saturated heterocycles. The molecule has 0 bridgehead atoms. The van der Waals surface area contributed by atoms with Crippen molar-refractivity contribution in [2.45, 2.75) is 10.6 Å². The molecule has 2 rings (SSSR count). The van der Waals surface area contributed by atoms with Crippen molar-refractivity contribution in [2.75, 3.05) is 5.73 Å². The van der Waals surface area contributed by atoms with Crippen LogP contribution in [0.5, 0.6) is 0 Å².